The molecular formula is C22H20N6O2. The molecule has 150 valence electrons. The molecule has 0 amide bonds. The maximum absolute atomic E-state index is 13.1. The monoisotopic (exact) mass is 400 g/mol. The fourth-order valence-electron chi connectivity index (χ4n) is 3.97. The molecule has 30 heavy (non-hydrogen) atoms. The summed E-state index contributed by atoms with van der Waals surface area (Å²) in [6.45, 7) is 3.30. The van der Waals surface area contributed by atoms with Gasteiger partial charge in [-0.15, -0.1) is 0 Å². The Kier molecular flexibility index (Phi) is 4.20. The molecule has 0 spiro atoms. The molecule has 0 bridgehead atoms. The zero-order valence-corrected chi connectivity index (χ0v) is 16.7. The van der Waals surface area contributed by atoms with Crippen LogP contribution in [-0.4, -0.2) is 43.9 Å². The summed E-state index contributed by atoms with van der Waals surface area (Å²) in [6.07, 6.45) is 5.82. The van der Waals surface area contributed by atoms with Gasteiger partial charge in [0.05, 0.1) is 11.3 Å². The van der Waals surface area contributed by atoms with Gasteiger partial charge in [0.25, 0.3) is 5.56 Å². The molecule has 4 aromatic heterocycles. The third-order valence-electron chi connectivity index (χ3n) is 5.54. The van der Waals surface area contributed by atoms with Crippen molar-refractivity contribution in [3.8, 4) is 11.3 Å². The van der Waals surface area contributed by atoms with Crippen LogP contribution >= 0.6 is 0 Å². The van der Waals surface area contributed by atoms with E-state index in [1.807, 2.05) is 18.0 Å². The highest BCUT2D eigenvalue weighted by molar-refractivity contribution is 6.16. The smallest absolute Gasteiger partial charge is 0.264 e. The molecule has 0 radical (unpaired) electrons. The number of hydrogen-bond donors (Lipinski definition) is 1. The number of pyridine rings is 2. The number of anilines is 1. The number of aryl methyl sites for hydroxylation is 1. The minimum Gasteiger partial charge on any atom is -0.345 e. The molecule has 1 N–H and O–H groups in total. The third-order valence-corrected chi connectivity index (χ3v) is 5.54. The van der Waals surface area contributed by atoms with Crippen LogP contribution in [0.25, 0.3) is 22.3 Å². The topological polar surface area (TPSA) is 96.8 Å². The lowest BCUT2D eigenvalue weighted by molar-refractivity contribution is 0.103. The van der Waals surface area contributed by atoms with Gasteiger partial charge in [-0.25, -0.2) is 9.97 Å². The first-order valence-corrected chi connectivity index (χ1v) is 9.80. The number of ketones is 1. The molecule has 0 saturated heterocycles. The minimum atomic E-state index is -0.132. The molecule has 0 aromatic carbocycles. The zero-order valence-electron chi connectivity index (χ0n) is 16.7. The largest absolute Gasteiger partial charge is 0.345 e. The van der Waals surface area contributed by atoms with E-state index in [1.165, 1.54) is 0 Å². The van der Waals surface area contributed by atoms with Gasteiger partial charge in [0.15, 0.2) is 5.78 Å². The number of carbonyl (C=O) groups excluding carboxylic acids is 1. The SMILES string of the molecule is Cc1nc(-c2cnc3n(c2=O)CCCN3C)ccc1C(=O)c1c[nH]c2ncccc12. The third kappa shape index (κ3) is 2.80. The van der Waals surface area contributed by atoms with E-state index in [0.717, 1.165) is 18.4 Å². The molecule has 4 aromatic rings. The molecule has 5 heterocycles. The van der Waals surface area contributed by atoms with Crippen molar-refractivity contribution >= 4 is 22.8 Å². The normalized spacial score (nSPS) is 13.5. The van der Waals surface area contributed by atoms with Crippen molar-refractivity contribution in [2.75, 3.05) is 18.5 Å². The van der Waals surface area contributed by atoms with Gasteiger partial charge in [-0.1, -0.05) is 0 Å². The van der Waals surface area contributed by atoms with E-state index in [-0.39, 0.29) is 11.3 Å². The quantitative estimate of drug-likeness (QED) is 0.531. The molecule has 8 nitrogen and oxygen atoms in total. The molecule has 1 aliphatic rings. The van der Waals surface area contributed by atoms with Crippen molar-refractivity contribution in [2.45, 2.75) is 19.9 Å². The van der Waals surface area contributed by atoms with Gasteiger partial charge >= 0.3 is 0 Å². The van der Waals surface area contributed by atoms with Crippen LogP contribution in [0.5, 0.6) is 0 Å². The summed E-state index contributed by atoms with van der Waals surface area (Å²) in [7, 11) is 1.93. The number of H-pyrrole nitrogens is 1. The van der Waals surface area contributed by atoms with Gasteiger partial charge in [0, 0.05) is 60.9 Å². The van der Waals surface area contributed by atoms with Gasteiger partial charge < -0.3 is 9.88 Å². The molecule has 0 aliphatic carbocycles. The predicted octanol–water partition coefficient (Wildman–Crippen LogP) is 2.56. The van der Waals surface area contributed by atoms with Crippen molar-refractivity contribution in [1.82, 2.24) is 24.5 Å². The van der Waals surface area contributed by atoms with E-state index >= 15 is 0 Å². The second kappa shape index (κ2) is 6.91. The van der Waals surface area contributed by atoms with Crippen molar-refractivity contribution < 1.29 is 4.79 Å². The maximum Gasteiger partial charge on any atom is 0.264 e. The van der Waals surface area contributed by atoms with Gasteiger partial charge in [-0.05, 0) is 37.6 Å². The van der Waals surface area contributed by atoms with Crippen LogP contribution in [-0.2, 0) is 6.54 Å². The van der Waals surface area contributed by atoms with E-state index < -0.39 is 0 Å². The van der Waals surface area contributed by atoms with Crippen LogP contribution in [0.2, 0.25) is 0 Å². The van der Waals surface area contributed by atoms with Crippen molar-refractivity contribution in [1.29, 1.82) is 0 Å². The summed E-state index contributed by atoms with van der Waals surface area (Å²) in [5.41, 5.74) is 3.12. The van der Waals surface area contributed by atoms with Crippen molar-refractivity contribution in [3.63, 3.8) is 0 Å². The van der Waals surface area contributed by atoms with Crippen LogP contribution in [0.4, 0.5) is 5.95 Å². The lowest BCUT2D eigenvalue weighted by Gasteiger charge is -2.27. The Balaban J connectivity index is 1.54. The summed E-state index contributed by atoms with van der Waals surface area (Å²) in [5, 5.41) is 0.771. The summed E-state index contributed by atoms with van der Waals surface area (Å²) in [4.78, 5) is 44.4. The maximum atomic E-state index is 13.1. The van der Waals surface area contributed by atoms with E-state index in [1.54, 1.807) is 48.3 Å². The number of hydrogen-bond acceptors (Lipinski definition) is 6. The number of aromatic amines is 1. The molecule has 0 atom stereocenters. The number of nitrogens with zero attached hydrogens (tertiary/aromatic N) is 5. The zero-order chi connectivity index (χ0) is 20.8. The number of aromatic nitrogens is 5. The van der Waals surface area contributed by atoms with E-state index in [0.29, 0.717) is 46.2 Å². The number of fused-ring (bicyclic) bond motifs is 2. The van der Waals surface area contributed by atoms with Crippen LogP contribution < -0.4 is 10.5 Å². The van der Waals surface area contributed by atoms with E-state index in [2.05, 4.69) is 19.9 Å². The summed E-state index contributed by atoms with van der Waals surface area (Å²) >= 11 is 0. The molecule has 5 rings (SSSR count). The highest BCUT2D eigenvalue weighted by Crippen LogP contribution is 2.23. The Morgan fingerprint density at radius 2 is 2.00 bits per heavy atom. The highest BCUT2D eigenvalue weighted by Gasteiger charge is 2.21. The van der Waals surface area contributed by atoms with Crippen molar-refractivity contribution in [2.24, 2.45) is 0 Å². The second-order valence-corrected chi connectivity index (χ2v) is 7.46. The van der Waals surface area contributed by atoms with Gasteiger partial charge in [-0.3, -0.25) is 19.1 Å². The molecular weight excluding hydrogens is 380 g/mol. The Hall–Kier alpha value is -3.81. The van der Waals surface area contributed by atoms with Crippen LogP contribution in [0.3, 0.4) is 0 Å². The van der Waals surface area contributed by atoms with Crippen LogP contribution in [0.15, 0.2) is 47.7 Å². The summed E-state index contributed by atoms with van der Waals surface area (Å²) in [5.74, 6) is 0.541. The highest BCUT2D eigenvalue weighted by atomic mass is 16.1. The first-order valence-electron chi connectivity index (χ1n) is 9.80. The Bertz CT molecular complexity index is 1350. The first-order chi connectivity index (χ1) is 14.5. The van der Waals surface area contributed by atoms with Crippen LogP contribution in [0, 0.1) is 6.92 Å². The fourth-order valence-corrected chi connectivity index (χ4v) is 3.97. The number of rotatable bonds is 3. The van der Waals surface area contributed by atoms with Crippen LogP contribution in [0.1, 0.15) is 28.0 Å². The second-order valence-electron chi connectivity index (χ2n) is 7.46. The Labute approximate surface area is 172 Å². The minimum absolute atomic E-state index is 0.111. The molecule has 0 fully saturated rings. The molecule has 1 aliphatic heterocycles. The molecule has 0 saturated carbocycles. The van der Waals surface area contributed by atoms with E-state index in [9.17, 15) is 9.59 Å². The van der Waals surface area contributed by atoms with Gasteiger partial charge in [0.2, 0.25) is 5.95 Å². The number of carbonyl (C=O) groups is 1. The van der Waals surface area contributed by atoms with Gasteiger partial charge in [0.1, 0.15) is 5.65 Å². The lowest BCUT2D eigenvalue weighted by atomic mass is 10.0. The summed E-state index contributed by atoms with van der Waals surface area (Å²) in [6, 6.07) is 7.10. The van der Waals surface area contributed by atoms with E-state index in [4.69, 9.17) is 0 Å². The van der Waals surface area contributed by atoms with Gasteiger partial charge in [-0.2, -0.15) is 0 Å². The Morgan fingerprint density at radius 3 is 2.83 bits per heavy atom. The molecule has 0 unspecified atom stereocenters. The average Bonchev–Trinajstić information content (AvgIpc) is 3.18. The Morgan fingerprint density at radius 1 is 1.13 bits per heavy atom. The predicted molar refractivity (Wildman–Crippen MR) is 114 cm³/mol. The van der Waals surface area contributed by atoms with Crippen molar-refractivity contribution in [3.05, 3.63) is 70.0 Å². The molecule has 8 heteroatoms. The fraction of sp³-hybridized carbons (Fsp3) is 0.227. The lowest BCUT2D eigenvalue weighted by Crippen LogP contribution is -2.36. The standard InChI is InChI=1S/C22H20N6O2/c1-13-14(19(29)16-11-24-20-15(16)5-3-8-23-20)6-7-18(26-13)17-12-25-22-27(2)9-4-10-28(22)21(17)30/h3,5-8,11-12H,4,9-10H2,1-2H3,(H,23,24). The average molecular weight is 400 g/mol. The summed E-state index contributed by atoms with van der Waals surface area (Å²) < 4.78 is 1.69. The first kappa shape index (κ1) is 18.2. The number of nitrogens with one attached hydrogen (secondary N) is 1.